The van der Waals surface area contributed by atoms with Crippen LogP contribution in [0.25, 0.3) is 11.3 Å². The first-order valence-corrected chi connectivity index (χ1v) is 11.4. The van der Waals surface area contributed by atoms with Crippen LogP contribution in [0, 0.1) is 0 Å². The smallest absolute Gasteiger partial charge is 0.255 e. The van der Waals surface area contributed by atoms with Crippen LogP contribution in [0.5, 0.6) is 5.75 Å². The van der Waals surface area contributed by atoms with Gasteiger partial charge < -0.3 is 14.8 Å². The first-order chi connectivity index (χ1) is 15.2. The Morgan fingerprint density at radius 2 is 1.97 bits per heavy atom. The molecule has 1 saturated heterocycles. The summed E-state index contributed by atoms with van der Waals surface area (Å²) in [5.41, 5.74) is 4.38. The van der Waals surface area contributed by atoms with Crippen LogP contribution in [0.3, 0.4) is 0 Å². The highest BCUT2D eigenvalue weighted by atomic mass is 32.1. The van der Waals surface area contributed by atoms with Gasteiger partial charge in [0, 0.05) is 41.8 Å². The Morgan fingerprint density at radius 1 is 1.19 bits per heavy atom. The van der Waals surface area contributed by atoms with Gasteiger partial charge in [-0.1, -0.05) is 19.1 Å². The van der Waals surface area contributed by atoms with Crippen molar-refractivity contribution in [1.29, 1.82) is 0 Å². The number of rotatable bonds is 7. The molecule has 0 aliphatic carbocycles. The molecular formula is C24H27N3O3S. The minimum absolute atomic E-state index is 0.124. The van der Waals surface area contributed by atoms with E-state index in [1.165, 1.54) is 0 Å². The third kappa shape index (κ3) is 5.31. The van der Waals surface area contributed by atoms with E-state index >= 15 is 0 Å². The van der Waals surface area contributed by atoms with E-state index in [0.29, 0.717) is 12.1 Å². The largest absolute Gasteiger partial charge is 0.497 e. The molecule has 0 radical (unpaired) electrons. The van der Waals surface area contributed by atoms with Gasteiger partial charge in [-0.25, -0.2) is 4.98 Å². The molecular weight excluding hydrogens is 410 g/mol. The lowest BCUT2D eigenvalue weighted by molar-refractivity contribution is 0.0341. The Labute approximate surface area is 186 Å². The van der Waals surface area contributed by atoms with Crippen molar-refractivity contribution in [1.82, 2.24) is 9.88 Å². The van der Waals surface area contributed by atoms with Crippen molar-refractivity contribution in [3.8, 4) is 17.0 Å². The van der Waals surface area contributed by atoms with E-state index in [9.17, 15) is 4.79 Å². The molecule has 4 rings (SSSR count). The molecule has 1 aliphatic heterocycles. The van der Waals surface area contributed by atoms with Crippen molar-refractivity contribution >= 4 is 22.9 Å². The summed E-state index contributed by atoms with van der Waals surface area (Å²) in [5.74, 6) is 0.625. The van der Waals surface area contributed by atoms with Crippen LogP contribution in [-0.4, -0.2) is 49.2 Å². The fraction of sp³-hybridized carbons (Fsp3) is 0.333. The summed E-state index contributed by atoms with van der Waals surface area (Å²) in [4.78, 5) is 20.0. The molecule has 1 aromatic heterocycles. The molecule has 162 valence electrons. The number of amides is 1. The second kappa shape index (κ2) is 10.0. The van der Waals surface area contributed by atoms with Gasteiger partial charge in [0.15, 0.2) is 0 Å². The van der Waals surface area contributed by atoms with Crippen LogP contribution in [0.4, 0.5) is 5.69 Å². The average molecular weight is 438 g/mol. The van der Waals surface area contributed by atoms with Crippen LogP contribution in [0.15, 0.2) is 47.8 Å². The number of thiazole rings is 1. The van der Waals surface area contributed by atoms with Crippen molar-refractivity contribution in [3.05, 3.63) is 64.0 Å². The normalized spacial score (nSPS) is 14.4. The Balaban J connectivity index is 1.49. The molecule has 7 heteroatoms. The maximum absolute atomic E-state index is 13.1. The topological polar surface area (TPSA) is 63.7 Å². The molecule has 2 aromatic carbocycles. The molecule has 0 saturated carbocycles. The molecule has 1 aliphatic rings. The van der Waals surface area contributed by atoms with Gasteiger partial charge in [-0.2, -0.15) is 0 Å². The quantitative estimate of drug-likeness (QED) is 0.591. The highest BCUT2D eigenvalue weighted by Gasteiger charge is 2.17. The summed E-state index contributed by atoms with van der Waals surface area (Å²) in [6.45, 7) is 5.94. The molecule has 0 unspecified atom stereocenters. The van der Waals surface area contributed by atoms with Gasteiger partial charge >= 0.3 is 0 Å². The fourth-order valence-corrected chi connectivity index (χ4v) is 4.33. The second-order valence-electron chi connectivity index (χ2n) is 7.42. The molecule has 1 amide bonds. The third-order valence-electron chi connectivity index (χ3n) is 5.35. The molecule has 0 spiro atoms. The number of hydrogen-bond acceptors (Lipinski definition) is 6. The number of aryl methyl sites for hydroxylation is 1. The second-order valence-corrected chi connectivity index (χ2v) is 8.37. The number of morpholine rings is 1. The molecule has 1 N–H and O–H groups in total. The number of methoxy groups -OCH3 is 1. The number of benzene rings is 2. The van der Waals surface area contributed by atoms with Crippen LogP contribution >= 0.6 is 11.3 Å². The highest BCUT2D eigenvalue weighted by molar-refractivity contribution is 7.09. The first-order valence-electron chi connectivity index (χ1n) is 10.5. The predicted octanol–water partition coefficient (Wildman–Crippen LogP) is 4.47. The van der Waals surface area contributed by atoms with Crippen LogP contribution in [-0.2, 0) is 17.7 Å². The van der Waals surface area contributed by atoms with Gasteiger partial charge in [0.05, 0.1) is 31.0 Å². The number of nitrogens with one attached hydrogen (secondary N) is 1. The molecule has 6 nitrogen and oxygen atoms in total. The summed E-state index contributed by atoms with van der Waals surface area (Å²) in [6, 6.07) is 13.4. The van der Waals surface area contributed by atoms with E-state index in [2.05, 4.69) is 27.5 Å². The number of ether oxygens (including phenoxy) is 2. The van der Waals surface area contributed by atoms with Gasteiger partial charge in [-0.05, 0) is 42.3 Å². The lowest BCUT2D eigenvalue weighted by atomic mass is 10.0. The van der Waals surface area contributed by atoms with Crippen molar-refractivity contribution < 1.29 is 14.3 Å². The minimum Gasteiger partial charge on any atom is -0.497 e. The molecule has 1 fully saturated rings. The molecule has 31 heavy (non-hydrogen) atoms. The van der Waals surface area contributed by atoms with E-state index in [0.717, 1.165) is 66.0 Å². The Bertz CT molecular complexity index is 1030. The number of anilines is 1. The van der Waals surface area contributed by atoms with Gasteiger partial charge in [-0.15, -0.1) is 11.3 Å². The third-order valence-corrected chi connectivity index (χ3v) is 6.34. The van der Waals surface area contributed by atoms with E-state index < -0.39 is 0 Å². The van der Waals surface area contributed by atoms with Crippen molar-refractivity contribution in [3.63, 3.8) is 0 Å². The van der Waals surface area contributed by atoms with E-state index in [4.69, 9.17) is 9.47 Å². The molecule has 3 aromatic rings. The number of carbonyl (C=O) groups excluding carboxylic acids is 1. The zero-order valence-corrected chi connectivity index (χ0v) is 18.7. The highest BCUT2D eigenvalue weighted by Crippen LogP contribution is 2.25. The van der Waals surface area contributed by atoms with Gasteiger partial charge in [0.2, 0.25) is 0 Å². The SMILES string of the molecule is CCc1nc(-c2ccc(NC(=O)c3ccc(OC)cc3CN3CCOCC3)cc2)cs1. The summed E-state index contributed by atoms with van der Waals surface area (Å²) in [6.07, 6.45) is 0.938. The van der Waals surface area contributed by atoms with Gasteiger partial charge in [0.1, 0.15) is 5.75 Å². The summed E-state index contributed by atoms with van der Waals surface area (Å²) < 4.78 is 10.8. The lowest BCUT2D eigenvalue weighted by Gasteiger charge is -2.27. The van der Waals surface area contributed by atoms with E-state index in [1.807, 2.05) is 42.5 Å². The Morgan fingerprint density at radius 3 is 2.65 bits per heavy atom. The van der Waals surface area contributed by atoms with Crippen LogP contribution in [0.1, 0.15) is 27.9 Å². The van der Waals surface area contributed by atoms with Crippen molar-refractivity contribution in [2.24, 2.45) is 0 Å². The zero-order chi connectivity index (χ0) is 21.6. The molecule has 0 atom stereocenters. The Kier molecular flexibility index (Phi) is 6.96. The van der Waals surface area contributed by atoms with Gasteiger partial charge in [0.25, 0.3) is 5.91 Å². The maximum atomic E-state index is 13.1. The lowest BCUT2D eigenvalue weighted by Crippen LogP contribution is -2.36. The van der Waals surface area contributed by atoms with Crippen LogP contribution < -0.4 is 10.1 Å². The number of aromatic nitrogens is 1. The minimum atomic E-state index is -0.124. The van der Waals surface area contributed by atoms with E-state index in [-0.39, 0.29) is 5.91 Å². The van der Waals surface area contributed by atoms with Crippen molar-refractivity contribution in [2.45, 2.75) is 19.9 Å². The van der Waals surface area contributed by atoms with Crippen molar-refractivity contribution in [2.75, 3.05) is 38.7 Å². The first kappa shape index (κ1) is 21.5. The average Bonchev–Trinajstić information content (AvgIpc) is 3.29. The monoisotopic (exact) mass is 437 g/mol. The van der Waals surface area contributed by atoms with E-state index in [1.54, 1.807) is 18.4 Å². The van der Waals surface area contributed by atoms with Gasteiger partial charge in [-0.3, -0.25) is 9.69 Å². The predicted molar refractivity (Wildman–Crippen MR) is 124 cm³/mol. The Hall–Kier alpha value is -2.74. The maximum Gasteiger partial charge on any atom is 0.255 e. The fourth-order valence-electron chi connectivity index (χ4n) is 3.58. The summed E-state index contributed by atoms with van der Waals surface area (Å²) >= 11 is 1.67. The molecule has 2 heterocycles. The number of carbonyl (C=O) groups is 1. The number of nitrogens with zero attached hydrogens (tertiary/aromatic N) is 2. The number of hydrogen-bond donors (Lipinski definition) is 1. The molecule has 0 bridgehead atoms. The summed E-state index contributed by atoms with van der Waals surface area (Å²) in [7, 11) is 1.64. The summed E-state index contributed by atoms with van der Waals surface area (Å²) in [5, 5.41) is 6.22. The standard InChI is InChI=1S/C24H27N3O3S/c1-3-23-26-22(16-31-23)17-4-6-19(7-5-17)25-24(28)21-9-8-20(29-2)14-18(21)15-27-10-12-30-13-11-27/h4-9,14,16H,3,10-13,15H2,1-2H3,(H,25,28). The van der Waals surface area contributed by atoms with Crippen LogP contribution in [0.2, 0.25) is 0 Å². The zero-order valence-electron chi connectivity index (χ0n) is 17.9.